The lowest BCUT2D eigenvalue weighted by molar-refractivity contribution is 0.0165. The van der Waals surface area contributed by atoms with Gasteiger partial charge < -0.3 is 102 Å². The Morgan fingerprint density at radius 1 is 0.418 bits per heavy atom. The van der Waals surface area contributed by atoms with Crippen molar-refractivity contribution in [3.05, 3.63) is 170 Å². The third-order valence-electron chi connectivity index (χ3n) is 17.8. The summed E-state index contributed by atoms with van der Waals surface area (Å²) in [4.78, 5) is 29.8. The van der Waals surface area contributed by atoms with Crippen LogP contribution in [0.2, 0.25) is 12.1 Å². The Morgan fingerprint density at radius 2 is 0.827 bits per heavy atom. The normalized spacial score (nSPS) is 18.9. The van der Waals surface area contributed by atoms with Crippen LogP contribution in [0.15, 0.2) is 170 Å². The van der Waals surface area contributed by atoms with Crippen molar-refractivity contribution in [3.63, 3.8) is 0 Å². The van der Waals surface area contributed by atoms with Gasteiger partial charge >= 0.3 is 17.6 Å². The fourth-order valence-corrected chi connectivity index (χ4v) is 17.6. The van der Waals surface area contributed by atoms with Gasteiger partial charge in [0.1, 0.15) is 30.8 Å². The number of pyridine rings is 6. The molecule has 5 aliphatic rings. The largest absolute Gasteiger partial charge is 0.501 e. The summed E-state index contributed by atoms with van der Waals surface area (Å²) in [5.74, 6) is 1.56. The SMILES string of the molecule is C(COCC1CO1)C[Si]12OCC(CO1)O2.NCCN(CCNCCOCCOCCOc1ccc(-c2cc(-c3ccccn3)nc(-c3ccccn3)c2)cc1)CC(O)COCCC[Si]12OCC(CO1)O2.NCCNCCNCCOCCOCCOc1ccc(-c2cc(-c3ccccn3)nc(-c3ccccn3)c2)cc1. The summed E-state index contributed by atoms with van der Waals surface area (Å²) in [6.45, 7) is 19.2. The molecule has 0 saturated carbocycles. The van der Waals surface area contributed by atoms with E-state index in [9.17, 15) is 5.11 Å². The van der Waals surface area contributed by atoms with Crippen molar-refractivity contribution < 1.29 is 74.3 Å². The molecule has 2 unspecified atom stereocenters. The highest BCUT2D eigenvalue weighted by molar-refractivity contribution is 6.62. The zero-order chi connectivity index (χ0) is 75.8. The van der Waals surface area contributed by atoms with Crippen LogP contribution in [0, 0.1) is 0 Å². The summed E-state index contributed by atoms with van der Waals surface area (Å²) in [6.07, 6.45) is 8.92. The van der Waals surface area contributed by atoms with Crippen molar-refractivity contribution in [1.82, 2.24) is 50.8 Å². The summed E-state index contributed by atoms with van der Waals surface area (Å²) < 4.78 is 84.8. The smallest absolute Gasteiger partial charge is 0.491 e. The van der Waals surface area contributed by atoms with E-state index in [1.165, 1.54) is 0 Å². The first kappa shape index (κ1) is 83.5. The molecule has 0 spiro atoms. The molecule has 0 aliphatic carbocycles. The zero-order valence-corrected chi connectivity index (χ0v) is 64.9. The average Bonchev–Trinajstić information content (AvgIpc) is 1.65. The van der Waals surface area contributed by atoms with Gasteiger partial charge in [0.2, 0.25) is 0 Å². The topological polar surface area (TPSA) is 331 Å². The molecule has 2 atom stereocenters. The molecule has 592 valence electrons. The summed E-state index contributed by atoms with van der Waals surface area (Å²) in [5.41, 5.74) is 21.8. The molecule has 11 heterocycles. The molecule has 5 aliphatic heterocycles. The van der Waals surface area contributed by atoms with Crippen LogP contribution in [-0.4, -0.2) is 279 Å². The van der Waals surface area contributed by atoms with E-state index < -0.39 is 23.7 Å². The van der Waals surface area contributed by atoms with Gasteiger partial charge in [-0.2, -0.15) is 0 Å². The number of nitrogens with two attached hydrogens (primary N) is 2. The Labute approximate surface area is 647 Å². The van der Waals surface area contributed by atoms with Crippen LogP contribution in [0.25, 0.3) is 67.8 Å². The van der Waals surface area contributed by atoms with E-state index >= 15 is 0 Å². The fourth-order valence-electron chi connectivity index (χ4n) is 12.2. The first-order valence-corrected chi connectivity index (χ1v) is 42.2. The molecule has 28 nitrogen and oxygen atoms in total. The van der Waals surface area contributed by atoms with Crippen molar-refractivity contribution in [3.8, 4) is 79.3 Å². The Balaban J connectivity index is 0.000000188. The lowest BCUT2D eigenvalue weighted by Crippen LogP contribution is -2.42. The predicted octanol–water partition coefficient (Wildman–Crippen LogP) is 6.89. The molecule has 30 heteroatoms. The summed E-state index contributed by atoms with van der Waals surface area (Å²) in [7, 11) is -4.62. The van der Waals surface area contributed by atoms with Crippen molar-refractivity contribution in [1.29, 1.82) is 0 Å². The third-order valence-corrected chi connectivity index (χ3v) is 23.6. The van der Waals surface area contributed by atoms with Gasteiger partial charge in [-0.25, -0.2) is 9.97 Å². The molecule has 8 aromatic rings. The Morgan fingerprint density at radius 3 is 1.22 bits per heavy atom. The molecule has 2 aromatic carbocycles. The van der Waals surface area contributed by atoms with E-state index in [2.05, 4.69) is 52.9 Å². The van der Waals surface area contributed by atoms with Gasteiger partial charge in [0.25, 0.3) is 0 Å². The van der Waals surface area contributed by atoms with Gasteiger partial charge in [-0.3, -0.25) is 24.8 Å². The Bertz CT molecular complexity index is 3700. The highest BCUT2D eigenvalue weighted by atomic mass is 28.4. The van der Waals surface area contributed by atoms with Crippen LogP contribution in [0.1, 0.15) is 12.8 Å². The molecule has 6 aromatic heterocycles. The van der Waals surface area contributed by atoms with Crippen LogP contribution in [0.3, 0.4) is 0 Å². The minimum Gasteiger partial charge on any atom is -0.491 e. The lowest BCUT2D eigenvalue weighted by atomic mass is 10.0. The zero-order valence-electron chi connectivity index (χ0n) is 62.9. The highest BCUT2D eigenvalue weighted by Gasteiger charge is 2.55. The number of hydrogen-bond donors (Lipinski definition) is 6. The van der Waals surface area contributed by atoms with Gasteiger partial charge in [0.15, 0.2) is 0 Å². The number of benzene rings is 2. The number of nitrogens with one attached hydrogen (secondary N) is 3. The maximum atomic E-state index is 10.5. The minimum absolute atomic E-state index is 0.113. The number of hydrogen-bond acceptors (Lipinski definition) is 28. The number of nitrogens with zero attached hydrogens (tertiary/aromatic N) is 7. The second-order valence-corrected chi connectivity index (χ2v) is 31.8. The monoisotopic (exact) mass is 1550 g/mol. The molecule has 0 amide bonds. The summed E-state index contributed by atoms with van der Waals surface area (Å²) in [5, 5.41) is 20.4. The Hall–Kier alpha value is -7.43. The highest BCUT2D eigenvalue weighted by Crippen LogP contribution is 2.35. The maximum absolute atomic E-state index is 10.5. The second kappa shape index (κ2) is 47.2. The summed E-state index contributed by atoms with van der Waals surface area (Å²) >= 11 is 0. The van der Waals surface area contributed by atoms with E-state index in [1.807, 2.05) is 133 Å². The van der Waals surface area contributed by atoms with E-state index in [4.69, 9.17) is 90.6 Å². The van der Waals surface area contributed by atoms with Crippen molar-refractivity contribution in [2.45, 2.75) is 49.3 Å². The second-order valence-electron chi connectivity index (χ2n) is 26.5. The van der Waals surface area contributed by atoms with Crippen LogP contribution in [0.4, 0.5) is 0 Å². The molecule has 5 saturated heterocycles. The lowest BCUT2D eigenvalue weighted by Gasteiger charge is -2.25. The van der Waals surface area contributed by atoms with Gasteiger partial charge in [0.05, 0.1) is 163 Å². The average molecular weight is 1550 g/mol. The van der Waals surface area contributed by atoms with Gasteiger partial charge in [-0.1, -0.05) is 48.5 Å². The maximum Gasteiger partial charge on any atom is 0.501 e. The van der Waals surface area contributed by atoms with Crippen molar-refractivity contribution >= 4 is 17.6 Å². The number of fused-ring (bicyclic) bond motifs is 4. The molecule has 5 fully saturated rings. The van der Waals surface area contributed by atoms with E-state index in [-0.39, 0.29) is 18.8 Å². The number of aliphatic hydroxyl groups excluding tert-OH is 1. The van der Waals surface area contributed by atoms with Gasteiger partial charge in [-0.15, -0.1) is 0 Å². The van der Waals surface area contributed by atoms with Crippen LogP contribution in [0.5, 0.6) is 11.5 Å². The summed E-state index contributed by atoms with van der Waals surface area (Å²) in [6, 6.07) is 49.1. The quantitative estimate of drug-likeness (QED) is 0.0128. The Kier molecular flexibility index (Phi) is 35.8. The van der Waals surface area contributed by atoms with Crippen molar-refractivity contribution in [2.24, 2.45) is 11.5 Å². The molecule has 8 N–H and O–H groups in total. The van der Waals surface area contributed by atoms with Crippen LogP contribution < -0.4 is 36.9 Å². The number of epoxide rings is 1. The third kappa shape index (κ3) is 29.0. The van der Waals surface area contributed by atoms with Crippen LogP contribution in [-0.2, 0) is 59.7 Å². The number of ether oxygens (including phenoxy) is 9. The van der Waals surface area contributed by atoms with Crippen molar-refractivity contribution in [2.75, 3.05) is 198 Å². The fraction of sp³-hybridized carbons (Fsp3) is 0.475. The number of rotatable bonds is 50. The molecular formula is C80H108N12O16Si2. The number of aromatic nitrogens is 6. The first-order chi connectivity index (χ1) is 54.3. The van der Waals surface area contributed by atoms with E-state index in [0.717, 1.165) is 183 Å². The van der Waals surface area contributed by atoms with Crippen LogP contribution >= 0.6 is 0 Å². The van der Waals surface area contributed by atoms with E-state index in [0.29, 0.717) is 118 Å². The number of aliphatic hydroxyl groups is 1. The first-order valence-electron chi connectivity index (χ1n) is 38.4. The molecule has 4 bridgehead atoms. The van der Waals surface area contributed by atoms with E-state index in [1.54, 1.807) is 24.8 Å². The standard InChI is InChI=1S/C40H54N6O8Si.C31H38N6O3.C9H16O5Si/c41-12-17-46(28-34(47)29-50-19-5-25-55-52-30-36(54-55)31-53-55)18-15-42-16-20-48-21-22-49-23-24-51-35-10-8-32(9-11-35)33-26-39(37-6-1-3-13-43-37)45-40(27-33)38-7-2-4-14-44-38;32-11-14-33-15-16-34-17-18-38-19-20-39-21-22-40-27-9-7-25(8-10-27)26-23-30(28-5-1-3-12-35-28)37-31(24-26)29-6-2-4-13-36-29;1(2-10-4-8-5-11-8)3-15-12-6-9(14-15)7-13-15/h1-4,6-11,13-14,26-27,34,36,42,47H,5,12,15-25,28-31,41H2;1-10,12-13,23-24,33-34H,11,14-22,32H2;8-9H,1-7H2. The van der Waals surface area contributed by atoms with Gasteiger partial charge in [-0.05, 0) is 132 Å². The minimum atomic E-state index is -2.41. The molecule has 0 radical (unpaired) electrons. The predicted molar refractivity (Wildman–Crippen MR) is 421 cm³/mol. The molecule has 110 heavy (non-hydrogen) atoms. The molecule has 13 rings (SSSR count). The van der Waals surface area contributed by atoms with Gasteiger partial charge in [0, 0.05) is 122 Å². The molecular weight excluding hydrogens is 1440 g/mol.